The average Bonchev–Trinajstić information content (AvgIpc) is 3.22. The van der Waals surface area contributed by atoms with E-state index in [1.165, 1.54) is 11.3 Å². The molecule has 3 aromatic rings. The van der Waals surface area contributed by atoms with Crippen LogP contribution >= 0.6 is 27.3 Å². The molecule has 1 aromatic carbocycles. The van der Waals surface area contributed by atoms with Gasteiger partial charge in [0.15, 0.2) is 10.4 Å². The molecule has 0 spiro atoms. The SMILES string of the molecule is COc1ccc(-c2csc(CNC(=O)c3ccc(Br)o3)n2)cc1. The van der Waals surface area contributed by atoms with Gasteiger partial charge in [-0.05, 0) is 52.3 Å². The zero-order chi connectivity index (χ0) is 16.2. The van der Waals surface area contributed by atoms with Crippen molar-refractivity contribution in [2.24, 2.45) is 0 Å². The minimum atomic E-state index is -0.267. The van der Waals surface area contributed by atoms with Crippen molar-refractivity contribution in [2.75, 3.05) is 7.11 Å². The second-order valence-corrected chi connectivity index (χ2v) is 6.37. The summed E-state index contributed by atoms with van der Waals surface area (Å²) < 4.78 is 10.9. The van der Waals surface area contributed by atoms with E-state index in [2.05, 4.69) is 26.2 Å². The third-order valence-electron chi connectivity index (χ3n) is 3.13. The van der Waals surface area contributed by atoms with Crippen LogP contribution in [0.2, 0.25) is 0 Å². The maximum Gasteiger partial charge on any atom is 0.287 e. The molecule has 2 aromatic heterocycles. The van der Waals surface area contributed by atoms with Crippen LogP contribution in [0, 0.1) is 0 Å². The lowest BCUT2D eigenvalue weighted by Gasteiger charge is -2.01. The number of amides is 1. The summed E-state index contributed by atoms with van der Waals surface area (Å²) in [5.41, 5.74) is 1.89. The van der Waals surface area contributed by atoms with Crippen molar-refractivity contribution in [1.82, 2.24) is 10.3 Å². The molecule has 3 rings (SSSR count). The molecule has 0 saturated heterocycles. The molecule has 5 nitrogen and oxygen atoms in total. The highest BCUT2D eigenvalue weighted by molar-refractivity contribution is 9.10. The number of methoxy groups -OCH3 is 1. The van der Waals surface area contributed by atoms with Crippen molar-refractivity contribution in [3.8, 4) is 17.0 Å². The average molecular weight is 393 g/mol. The molecule has 0 fully saturated rings. The number of benzene rings is 1. The lowest BCUT2D eigenvalue weighted by molar-refractivity contribution is 0.0922. The third-order valence-corrected chi connectivity index (χ3v) is 4.41. The van der Waals surface area contributed by atoms with Gasteiger partial charge in [0.05, 0.1) is 19.3 Å². The number of hydrogen-bond donors (Lipinski definition) is 1. The van der Waals surface area contributed by atoms with Gasteiger partial charge in [-0.3, -0.25) is 4.79 Å². The van der Waals surface area contributed by atoms with E-state index in [1.807, 2.05) is 29.6 Å². The fourth-order valence-electron chi connectivity index (χ4n) is 1.97. The Kier molecular flexibility index (Phi) is 4.78. The van der Waals surface area contributed by atoms with Crippen LogP contribution in [-0.2, 0) is 6.54 Å². The Morgan fingerprint density at radius 3 is 2.74 bits per heavy atom. The van der Waals surface area contributed by atoms with Gasteiger partial charge in [-0.2, -0.15) is 0 Å². The van der Waals surface area contributed by atoms with Crippen molar-refractivity contribution in [3.05, 3.63) is 57.2 Å². The molecule has 2 heterocycles. The summed E-state index contributed by atoms with van der Waals surface area (Å²) in [6.45, 7) is 0.359. The van der Waals surface area contributed by atoms with E-state index in [1.54, 1.807) is 19.2 Å². The number of aromatic nitrogens is 1. The summed E-state index contributed by atoms with van der Waals surface area (Å²) in [6, 6.07) is 11.0. The van der Waals surface area contributed by atoms with Gasteiger partial charge in [0.25, 0.3) is 5.91 Å². The summed E-state index contributed by atoms with van der Waals surface area (Å²) >= 11 is 4.67. The lowest BCUT2D eigenvalue weighted by Crippen LogP contribution is -2.22. The number of furan rings is 1. The van der Waals surface area contributed by atoms with Gasteiger partial charge in [0, 0.05) is 10.9 Å². The van der Waals surface area contributed by atoms with E-state index in [9.17, 15) is 4.79 Å². The number of carbonyl (C=O) groups is 1. The minimum Gasteiger partial charge on any atom is -0.497 e. The monoisotopic (exact) mass is 392 g/mol. The summed E-state index contributed by atoms with van der Waals surface area (Å²) in [6.07, 6.45) is 0. The van der Waals surface area contributed by atoms with E-state index in [-0.39, 0.29) is 11.7 Å². The number of halogens is 1. The van der Waals surface area contributed by atoms with Crippen LogP contribution in [0.1, 0.15) is 15.6 Å². The van der Waals surface area contributed by atoms with Crippen molar-refractivity contribution in [2.45, 2.75) is 6.54 Å². The first kappa shape index (κ1) is 15.8. The highest BCUT2D eigenvalue weighted by Gasteiger charge is 2.11. The molecule has 1 N–H and O–H groups in total. The molecule has 118 valence electrons. The first-order valence-corrected chi connectivity index (χ1v) is 8.45. The zero-order valence-electron chi connectivity index (χ0n) is 12.2. The number of nitrogens with zero attached hydrogens (tertiary/aromatic N) is 1. The smallest absolute Gasteiger partial charge is 0.287 e. The second kappa shape index (κ2) is 6.97. The van der Waals surface area contributed by atoms with Gasteiger partial charge in [-0.1, -0.05) is 0 Å². The van der Waals surface area contributed by atoms with Crippen LogP contribution in [0.5, 0.6) is 5.75 Å². The summed E-state index contributed by atoms with van der Waals surface area (Å²) in [5, 5.41) is 5.58. The number of thiazole rings is 1. The highest BCUT2D eigenvalue weighted by atomic mass is 79.9. The Hall–Kier alpha value is -2.12. The number of hydrogen-bond acceptors (Lipinski definition) is 5. The molecule has 0 bridgehead atoms. The fraction of sp³-hybridized carbons (Fsp3) is 0.125. The molecule has 0 aliphatic heterocycles. The number of rotatable bonds is 5. The standard InChI is InChI=1S/C16H13BrN2O3S/c1-21-11-4-2-10(3-5-11)12-9-23-15(19-12)8-18-16(20)13-6-7-14(17)22-13/h2-7,9H,8H2,1H3,(H,18,20). The molecule has 23 heavy (non-hydrogen) atoms. The molecule has 0 aliphatic rings. The number of nitrogens with one attached hydrogen (secondary N) is 1. The van der Waals surface area contributed by atoms with E-state index in [0.29, 0.717) is 11.2 Å². The van der Waals surface area contributed by atoms with E-state index >= 15 is 0 Å². The molecule has 0 saturated carbocycles. The Morgan fingerprint density at radius 2 is 2.09 bits per heavy atom. The molecule has 0 atom stereocenters. The Morgan fingerprint density at radius 1 is 1.30 bits per heavy atom. The Balaban J connectivity index is 1.63. The third kappa shape index (κ3) is 3.80. The van der Waals surface area contributed by atoms with Gasteiger partial charge in [0.2, 0.25) is 0 Å². The van der Waals surface area contributed by atoms with Crippen LogP contribution in [-0.4, -0.2) is 18.0 Å². The fourth-order valence-corrected chi connectivity index (χ4v) is 3.02. The van der Waals surface area contributed by atoms with Crippen LogP contribution in [0.25, 0.3) is 11.3 Å². The zero-order valence-corrected chi connectivity index (χ0v) is 14.6. The molecule has 0 aliphatic carbocycles. The van der Waals surface area contributed by atoms with Crippen LogP contribution < -0.4 is 10.1 Å². The summed E-state index contributed by atoms with van der Waals surface area (Å²) in [5.74, 6) is 0.807. The number of carbonyl (C=O) groups excluding carboxylic acids is 1. The van der Waals surface area contributed by atoms with Crippen LogP contribution in [0.3, 0.4) is 0 Å². The highest BCUT2D eigenvalue weighted by Crippen LogP contribution is 2.24. The number of ether oxygens (including phenoxy) is 1. The summed E-state index contributed by atoms with van der Waals surface area (Å²) in [7, 11) is 1.64. The van der Waals surface area contributed by atoms with Gasteiger partial charge >= 0.3 is 0 Å². The molecular weight excluding hydrogens is 380 g/mol. The van der Waals surface area contributed by atoms with Gasteiger partial charge in [-0.15, -0.1) is 11.3 Å². The lowest BCUT2D eigenvalue weighted by atomic mass is 10.2. The Bertz CT molecular complexity index is 811. The van der Waals surface area contributed by atoms with Crippen molar-refractivity contribution >= 4 is 33.2 Å². The molecule has 0 unspecified atom stereocenters. The molecule has 0 radical (unpaired) electrons. The van der Waals surface area contributed by atoms with Crippen molar-refractivity contribution in [1.29, 1.82) is 0 Å². The maximum absolute atomic E-state index is 11.9. The first-order valence-electron chi connectivity index (χ1n) is 6.78. The van der Waals surface area contributed by atoms with Crippen LogP contribution in [0.15, 0.2) is 50.9 Å². The largest absolute Gasteiger partial charge is 0.497 e. The first-order chi connectivity index (χ1) is 11.2. The van der Waals surface area contributed by atoms with Gasteiger partial charge in [-0.25, -0.2) is 4.98 Å². The van der Waals surface area contributed by atoms with Crippen molar-refractivity contribution < 1.29 is 13.9 Å². The van der Waals surface area contributed by atoms with Gasteiger partial charge < -0.3 is 14.5 Å². The summed E-state index contributed by atoms with van der Waals surface area (Å²) in [4.78, 5) is 16.4. The van der Waals surface area contributed by atoms with E-state index < -0.39 is 0 Å². The normalized spacial score (nSPS) is 10.5. The van der Waals surface area contributed by atoms with E-state index in [0.717, 1.165) is 22.0 Å². The topological polar surface area (TPSA) is 64.4 Å². The van der Waals surface area contributed by atoms with Gasteiger partial charge in [0.1, 0.15) is 10.8 Å². The minimum absolute atomic E-state index is 0.267. The van der Waals surface area contributed by atoms with Crippen molar-refractivity contribution in [3.63, 3.8) is 0 Å². The van der Waals surface area contributed by atoms with Crippen LogP contribution in [0.4, 0.5) is 0 Å². The quantitative estimate of drug-likeness (QED) is 0.709. The Labute approximate surface area is 145 Å². The molecule has 7 heteroatoms. The predicted molar refractivity (Wildman–Crippen MR) is 91.7 cm³/mol. The predicted octanol–water partition coefficient (Wildman–Crippen LogP) is 4.10. The maximum atomic E-state index is 11.9. The molecular formula is C16H13BrN2O3S. The van der Waals surface area contributed by atoms with E-state index in [4.69, 9.17) is 9.15 Å². The second-order valence-electron chi connectivity index (χ2n) is 4.64. The molecule has 1 amide bonds.